The van der Waals surface area contributed by atoms with Crippen LogP contribution in [0.1, 0.15) is 72.2 Å². The zero-order chi connectivity index (χ0) is 17.4. The van der Waals surface area contributed by atoms with E-state index in [1.54, 1.807) is 0 Å². The Morgan fingerprint density at radius 2 is 1.64 bits per heavy atom. The smallest absolute Gasteiger partial charge is 0.343 e. The number of hydrogen-bond donors (Lipinski definition) is 1. The van der Waals surface area contributed by atoms with Crippen molar-refractivity contribution in [2.24, 2.45) is 0 Å². The van der Waals surface area contributed by atoms with Crippen LogP contribution in [0.4, 0.5) is 0 Å². The fourth-order valence-electron chi connectivity index (χ4n) is 4.30. The van der Waals surface area contributed by atoms with E-state index in [2.05, 4.69) is 0 Å². The van der Waals surface area contributed by atoms with Crippen LogP contribution in [0.3, 0.4) is 0 Å². The molecule has 0 radical (unpaired) electrons. The van der Waals surface area contributed by atoms with Crippen molar-refractivity contribution in [3.63, 3.8) is 0 Å². The number of Topliss-reactive ketones (excluding diaryl/α,β-unsaturated/α-hetero) is 1. The topological polar surface area (TPSA) is 67.5 Å². The molecule has 4 heteroatoms. The second kappa shape index (κ2) is 6.17. The van der Waals surface area contributed by atoms with Gasteiger partial charge in [0, 0.05) is 18.3 Å². The third kappa shape index (κ3) is 2.51. The maximum atomic E-state index is 12.8. The minimum Gasteiger partial charge on any atom is -0.506 e. The molecule has 0 spiro atoms. The number of aromatic hydroxyl groups is 1. The maximum absolute atomic E-state index is 12.8. The summed E-state index contributed by atoms with van der Waals surface area (Å²) in [5.41, 5.74) is 0.494. The molecule has 0 unspecified atom stereocenters. The van der Waals surface area contributed by atoms with Crippen LogP contribution >= 0.6 is 0 Å². The number of fused-ring (bicyclic) bond motifs is 1. The lowest BCUT2D eigenvalue weighted by molar-refractivity contribution is 0.0967. The molecule has 0 saturated heterocycles. The average molecular weight is 338 g/mol. The third-order valence-corrected chi connectivity index (χ3v) is 5.77. The molecule has 1 N–H and O–H groups in total. The van der Waals surface area contributed by atoms with Gasteiger partial charge in [-0.1, -0.05) is 43.2 Å². The number of carbonyl (C=O) groups excluding carboxylic acids is 1. The second-order valence-electron chi connectivity index (χ2n) is 7.20. The molecule has 4 rings (SSSR count). The van der Waals surface area contributed by atoms with Gasteiger partial charge in [-0.05, 0) is 31.2 Å². The summed E-state index contributed by atoms with van der Waals surface area (Å²) in [7, 11) is 0. The van der Waals surface area contributed by atoms with Gasteiger partial charge < -0.3 is 9.52 Å². The Balaban J connectivity index is 1.94. The fourth-order valence-corrected chi connectivity index (χ4v) is 4.30. The van der Waals surface area contributed by atoms with Crippen molar-refractivity contribution in [3.05, 3.63) is 63.2 Å². The zero-order valence-electron chi connectivity index (χ0n) is 14.2. The van der Waals surface area contributed by atoms with E-state index in [0.29, 0.717) is 18.6 Å². The summed E-state index contributed by atoms with van der Waals surface area (Å²) in [4.78, 5) is 25.4. The lowest BCUT2D eigenvalue weighted by Crippen LogP contribution is -2.40. The predicted molar refractivity (Wildman–Crippen MR) is 94.2 cm³/mol. The third-order valence-electron chi connectivity index (χ3n) is 5.77. The quantitative estimate of drug-likeness (QED) is 0.894. The number of hydrogen-bond acceptors (Lipinski definition) is 4. The maximum Gasteiger partial charge on any atom is 0.343 e. The van der Waals surface area contributed by atoms with Gasteiger partial charge in [0.2, 0.25) is 0 Å². The van der Waals surface area contributed by atoms with Crippen molar-refractivity contribution in [3.8, 4) is 5.75 Å². The van der Waals surface area contributed by atoms with Gasteiger partial charge in [0.1, 0.15) is 11.5 Å². The van der Waals surface area contributed by atoms with Crippen LogP contribution in [0, 0.1) is 0 Å². The van der Waals surface area contributed by atoms with Crippen molar-refractivity contribution in [2.75, 3.05) is 0 Å². The van der Waals surface area contributed by atoms with Gasteiger partial charge in [0.15, 0.2) is 5.78 Å². The molecule has 0 aliphatic heterocycles. The highest BCUT2D eigenvalue weighted by molar-refractivity contribution is 6.00. The first kappa shape index (κ1) is 16.1. The Bertz CT molecular complexity index is 859. The van der Waals surface area contributed by atoms with Gasteiger partial charge in [-0.25, -0.2) is 4.79 Å². The lowest BCUT2D eigenvalue weighted by Gasteiger charge is -2.42. The Morgan fingerprint density at radius 3 is 2.32 bits per heavy atom. The van der Waals surface area contributed by atoms with Gasteiger partial charge in [-0.15, -0.1) is 0 Å². The summed E-state index contributed by atoms with van der Waals surface area (Å²) in [5.74, 6) is 0.111. The second-order valence-corrected chi connectivity index (χ2v) is 7.20. The molecule has 2 aromatic rings. The molecule has 25 heavy (non-hydrogen) atoms. The summed E-state index contributed by atoms with van der Waals surface area (Å²) >= 11 is 0. The molecule has 2 aliphatic rings. The molecule has 1 saturated carbocycles. The van der Waals surface area contributed by atoms with E-state index in [4.69, 9.17) is 4.42 Å². The van der Waals surface area contributed by atoms with Gasteiger partial charge in [-0.2, -0.15) is 0 Å². The Hall–Kier alpha value is -2.36. The first-order chi connectivity index (χ1) is 12.1. The molecule has 2 aliphatic carbocycles. The van der Waals surface area contributed by atoms with Crippen molar-refractivity contribution in [2.45, 2.75) is 56.8 Å². The SMILES string of the molecule is O=C1CCCCCc2oc(=O)c(C3(c4ccccc4)CCC3)c(O)c21. The number of aryl methyl sites for hydroxylation is 1. The van der Waals surface area contributed by atoms with E-state index in [0.717, 1.165) is 44.1 Å². The van der Waals surface area contributed by atoms with Crippen LogP contribution in [-0.4, -0.2) is 10.9 Å². The summed E-state index contributed by atoms with van der Waals surface area (Å²) in [6.07, 6.45) is 6.09. The van der Waals surface area contributed by atoms with Gasteiger partial charge in [0.25, 0.3) is 0 Å². The minimum absolute atomic E-state index is 0.111. The van der Waals surface area contributed by atoms with E-state index < -0.39 is 11.0 Å². The number of ketones is 1. The Labute approximate surface area is 146 Å². The summed E-state index contributed by atoms with van der Waals surface area (Å²) in [6, 6.07) is 9.77. The van der Waals surface area contributed by atoms with Crippen LogP contribution in [0.15, 0.2) is 39.5 Å². The van der Waals surface area contributed by atoms with Crippen LogP contribution in [-0.2, 0) is 11.8 Å². The van der Waals surface area contributed by atoms with Crippen molar-refractivity contribution in [1.82, 2.24) is 0 Å². The molecular formula is C21H22O4. The van der Waals surface area contributed by atoms with Crippen molar-refractivity contribution in [1.29, 1.82) is 0 Å². The highest BCUT2D eigenvalue weighted by Crippen LogP contribution is 2.51. The van der Waals surface area contributed by atoms with E-state index in [9.17, 15) is 14.7 Å². The Kier molecular flexibility index (Phi) is 3.98. The summed E-state index contributed by atoms with van der Waals surface area (Å²) in [5, 5.41) is 11.0. The molecule has 1 aromatic heterocycles. The minimum atomic E-state index is -0.538. The molecular weight excluding hydrogens is 316 g/mol. The van der Waals surface area contributed by atoms with Gasteiger partial charge in [-0.3, -0.25) is 4.79 Å². The highest BCUT2D eigenvalue weighted by Gasteiger charge is 2.46. The van der Waals surface area contributed by atoms with Crippen LogP contribution in [0.2, 0.25) is 0 Å². The Morgan fingerprint density at radius 1 is 0.920 bits per heavy atom. The average Bonchev–Trinajstić information content (AvgIpc) is 2.55. The largest absolute Gasteiger partial charge is 0.506 e. The standard InChI is InChI=1S/C21H22O4/c22-15-10-5-2-6-11-16-17(15)19(23)18(20(24)25-16)21(12-7-13-21)14-8-3-1-4-9-14/h1,3-4,8-9,23H,2,5-7,10-13H2. The lowest BCUT2D eigenvalue weighted by atomic mass is 9.60. The molecule has 0 amide bonds. The molecule has 130 valence electrons. The number of carbonyl (C=O) groups is 1. The van der Waals surface area contributed by atoms with E-state index in [-0.39, 0.29) is 22.7 Å². The zero-order valence-corrected chi connectivity index (χ0v) is 14.2. The normalized spacial score (nSPS) is 19.4. The first-order valence-electron chi connectivity index (χ1n) is 9.12. The molecule has 1 fully saturated rings. The van der Waals surface area contributed by atoms with Gasteiger partial charge >= 0.3 is 5.63 Å². The van der Waals surface area contributed by atoms with E-state index >= 15 is 0 Å². The fraction of sp³-hybridized carbons (Fsp3) is 0.429. The van der Waals surface area contributed by atoms with Crippen LogP contribution in [0.5, 0.6) is 5.75 Å². The van der Waals surface area contributed by atoms with Crippen molar-refractivity contribution >= 4 is 5.78 Å². The van der Waals surface area contributed by atoms with E-state index in [1.807, 2.05) is 30.3 Å². The number of rotatable bonds is 2. The van der Waals surface area contributed by atoms with Crippen LogP contribution < -0.4 is 5.63 Å². The van der Waals surface area contributed by atoms with Crippen LogP contribution in [0.25, 0.3) is 0 Å². The first-order valence-corrected chi connectivity index (χ1v) is 9.12. The summed E-state index contributed by atoms with van der Waals surface area (Å²) < 4.78 is 5.58. The molecule has 0 atom stereocenters. The monoisotopic (exact) mass is 338 g/mol. The molecule has 1 aromatic carbocycles. The number of benzene rings is 1. The predicted octanol–water partition coefficient (Wildman–Crippen LogP) is 4.11. The molecule has 4 nitrogen and oxygen atoms in total. The molecule has 0 bridgehead atoms. The van der Waals surface area contributed by atoms with Crippen molar-refractivity contribution < 1.29 is 14.3 Å². The summed E-state index contributed by atoms with van der Waals surface area (Å²) in [6.45, 7) is 0. The van der Waals surface area contributed by atoms with Gasteiger partial charge in [0.05, 0.1) is 11.1 Å². The molecule has 1 heterocycles. The highest BCUT2D eigenvalue weighted by atomic mass is 16.4. The van der Waals surface area contributed by atoms with E-state index in [1.165, 1.54) is 0 Å².